The smallest absolute Gasteiger partial charge is 0.325 e. The van der Waals surface area contributed by atoms with E-state index in [-0.39, 0.29) is 5.88 Å². The Balaban J connectivity index is 2.58. The van der Waals surface area contributed by atoms with Crippen LogP contribution in [0.3, 0.4) is 0 Å². The number of rotatable bonds is 4. The van der Waals surface area contributed by atoms with Crippen molar-refractivity contribution in [2.75, 3.05) is 17.8 Å². The Kier molecular flexibility index (Phi) is 5.29. The number of carbonyl (C=O) groups is 2. The fourth-order valence-electron chi connectivity index (χ4n) is 1.15. The third-order valence-electron chi connectivity index (χ3n) is 1.78. The molecular weight excluding hydrogens is 244 g/mol. The highest BCUT2D eigenvalue weighted by atomic mass is 35.5. The van der Waals surface area contributed by atoms with Crippen molar-refractivity contribution in [1.29, 1.82) is 0 Å². The molecule has 0 aliphatic carbocycles. The number of halogens is 1. The second-order valence-electron chi connectivity index (χ2n) is 3.10. The lowest BCUT2D eigenvalue weighted by Gasteiger charge is -2.07. The van der Waals surface area contributed by atoms with E-state index in [0.717, 1.165) is 0 Å². The zero-order valence-electron chi connectivity index (χ0n) is 9.33. The summed E-state index contributed by atoms with van der Waals surface area (Å²) in [4.78, 5) is 22.2. The molecule has 6 heteroatoms. The quantitative estimate of drug-likeness (QED) is 0.810. The molecule has 3 amide bonds. The van der Waals surface area contributed by atoms with Gasteiger partial charge in [0.05, 0.1) is 6.61 Å². The maximum absolute atomic E-state index is 11.3. The molecule has 17 heavy (non-hydrogen) atoms. The lowest BCUT2D eigenvalue weighted by Crippen LogP contribution is -2.35. The average Bonchev–Trinajstić information content (AvgIpc) is 2.29. The summed E-state index contributed by atoms with van der Waals surface area (Å²) in [5.41, 5.74) is 0.538. The van der Waals surface area contributed by atoms with Gasteiger partial charge in [-0.1, -0.05) is 6.07 Å². The molecule has 2 N–H and O–H groups in total. The first-order chi connectivity index (χ1) is 8.15. The molecule has 1 rings (SSSR count). The SMILES string of the molecule is CCOc1cccc(NC(=O)NC(=O)CCl)c1. The summed E-state index contributed by atoms with van der Waals surface area (Å²) in [6, 6.07) is 6.24. The highest BCUT2D eigenvalue weighted by molar-refractivity contribution is 6.28. The van der Waals surface area contributed by atoms with Crippen molar-refractivity contribution >= 4 is 29.2 Å². The Morgan fingerprint density at radius 1 is 1.41 bits per heavy atom. The molecule has 0 spiro atoms. The van der Waals surface area contributed by atoms with Crippen LogP contribution in [0, 0.1) is 0 Å². The normalized spacial score (nSPS) is 9.53. The van der Waals surface area contributed by atoms with Gasteiger partial charge < -0.3 is 10.1 Å². The number of ether oxygens (including phenoxy) is 1. The predicted molar refractivity (Wildman–Crippen MR) is 65.5 cm³/mol. The van der Waals surface area contributed by atoms with Crippen molar-refractivity contribution in [3.05, 3.63) is 24.3 Å². The van der Waals surface area contributed by atoms with Gasteiger partial charge in [-0.15, -0.1) is 11.6 Å². The van der Waals surface area contributed by atoms with Crippen LogP contribution in [0.4, 0.5) is 10.5 Å². The van der Waals surface area contributed by atoms with E-state index in [4.69, 9.17) is 16.3 Å². The Labute approximate surface area is 104 Å². The molecule has 1 aromatic carbocycles. The summed E-state index contributed by atoms with van der Waals surface area (Å²) in [6.45, 7) is 2.41. The van der Waals surface area contributed by atoms with E-state index in [1.807, 2.05) is 6.92 Å². The lowest BCUT2D eigenvalue weighted by molar-refractivity contribution is -0.117. The van der Waals surface area contributed by atoms with Crippen LogP contribution in [-0.4, -0.2) is 24.4 Å². The summed E-state index contributed by atoms with van der Waals surface area (Å²) in [5, 5.41) is 4.56. The minimum Gasteiger partial charge on any atom is -0.494 e. The van der Waals surface area contributed by atoms with Crippen molar-refractivity contribution < 1.29 is 14.3 Å². The maximum atomic E-state index is 11.3. The molecule has 0 fully saturated rings. The van der Waals surface area contributed by atoms with Gasteiger partial charge in [0.2, 0.25) is 5.91 Å². The van der Waals surface area contributed by atoms with Gasteiger partial charge in [-0.3, -0.25) is 10.1 Å². The number of amides is 3. The number of carbonyl (C=O) groups excluding carboxylic acids is 2. The molecule has 5 nitrogen and oxygen atoms in total. The molecule has 0 bridgehead atoms. The Bertz CT molecular complexity index is 409. The van der Waals surface area contributed by atoms with Crippen LogP contribution in [0.25, 0.3) is 0 Å². The number of alkyl halides is 1. The first-order valence-corrected chi connectivity index (χ1v) is 5.58. The highest BCUT2D eigenvalue weighted by Gasteiger charge is 2.06. The summed E-state index contributed by atoms with van der Waals surface area (Å²) in [5.74, 6) is -0.161. The van der Waals surface area contributed by atoms with E-state index in [0.29, 0.717) is 18.0 Å². The highest BCUT2D eigenvalue weighted by Crippen LogP contribution is 2.16. The summed E-state index contributed by atoms with van der Waals surface area (Å²) in [6.07, 6.45) is 0. The van der Waals surface area contributed by atoms with Crippen molar-refractivity contribution in [1.82, 2.24) is 5.32 Å². The van der Waals surface area contributed by atoms with Gasteiger partial charge in [-0.05, 0) is 19.1 Å². The van der Waals surface area contributed by atoms with Crippen LogP contribution in [0.5, 0.6) is 5.75 Å². The minimum atomic E-state index is -0.621. The number of imide groups is 1. The van der Waals surface area contributed by atoms with Crippen LogP contribution in [0.1, 0.15) is 6.92 Å². The molecular formula is C11H13ClN2O3. The third kappa shape index (κ3) is 4.74. The molecule has 0 unspecified atom stereocenters. The summed E-state index contributed by atoms with van der Waals surface area (Å²) < 4.78 is 5.27. The maximum Gasteiger partial charge on any atom is 0.325 e. The van der Waals surface area contributed by atoms with Gasteiger partial charge in [-0.2, -0.15) is 0 Å². The molecule has 0 atom stereocenters. The first-order valence-electron chi connectivity index (χ1n) is 5.05. The van der Waals surface area contributed by atoms with Gasteiger partial charge in [0, 0.05) is 11.8 Å². The van der Waals surface area contributed by atoms with E-state index in [2.05, 4.69) is 10.6 Å². The molecule has 0 radical (unpaired) electrons. The van der Waals surface area contributed by atoms with E-state index in [1.165, 1.54) is 0 Å². The molecule has 92 valence electrons. The molecule has 0 heterocycles. The standard InChI is InChI=1S/C11H13ClN2O3/c1-2-17-9-5-3-4-8(6-9)13-11(16)14-10(15)7-12/h3-6H,2,7H2,1H3,(H2,13,14,15,16). The largest absolute Gasteiger partial charge is 0.494 e. The van der Waals surface area contributed by atoms with Crippen molar-refractivity contribution in [3.8, 4) is 5.75 Å². The molecule has 0 saturated carbocycles. The second-order valence-corrected chi connectivity index (χ2v) is 3.36. The van der Waals surface area contributed by atoms with E-state index in [1.54, 1.807) is 24.3 Å². The second kappa shape index (κ2) is 6.75. The number of hydrogen-bond acceptors (Lipinski definition) is 3. The Hall–Kier alpha value is -1.75. The van der Waals surface area contributed by atoms with Crippen LogP contribution < -0.4 is 15.4 Å². The molecule has 1 aromatic rings. The molecule has 0 saturated heterocycles. The fraction of sp³-hybridized carbons (Fsp3) is 0.273. The van der Waals surface area contributed by atoms with Crippen molar-refractivity contribution in [2.45, 2.75) is 6.92 Å². The topological polar surface area (TPSA) is 67.4 Å². The van der Waals surface area contributed by atoms with Crippen LogP contribution in [0.15, 0.2) is 24.3 Å². The van der Waals surface area contributed by atoms with Crippen LogP contribution in [0.2, 0.25) is 0 Å². The van der Waals surface area contributed by atoms with E-state index < -0.39 is 11.9 Å². The van der Waals surface area contributed by atoms with Gasteiger partial charge in [0.1, 0.15) is 11.6 Å². The number of urea groups is 1. The van der Waals surface area contributed by atoms with Gasteiger partial charge in [0.15, 0.2) is 0 Å². The number of anilines is 1. The zero-order chi connectivity index (χ0) is 12.7. The first kappa shape index (κ1) is 13.3. The van der Waals surface area contributed by atoms with Gasteiger partial charge in [-0.25, -0.2) is 4.79 Å². The number of benzene rings is 1. The molecule has 0 aliphatic rings. The van der Waals surface area contributed by atoms with Gasteiger partial charge in [0.25, 0.3) is 0 Å². The van der Waals surface area contributed by atoms with E-state index >= 15 is 0 Å². The van der Waals surface area contributed by atoms with Crippen LogP contribution in [-0.2, 0) is 4.79 Å². The average molecular weight is 257 g/mol. The van der Waals surface area contributed by atoms with Gasteiger partial charge >= 0.3 is 6.03 Å². The monoisotopic (exact) mass is 256 g/mol. The predicted octanol–water partition coefficient (Wildman–Crippen LogP) is 1.97. The summed E-state index contributed by atoms with van der Waals surface area (Å²) in [7, 11) is 0. The lowest BCUT2D eigenvalue weighted by atomic mass is 10.3. The third-order valence-corrected chi connectivity index (χ3v) is 2.02. The number of nitrogens with one attached hydrogen (secondary N) is 2. The minimum absolute atomic E-state index is 0.258. The Morgan fingerprint density at radius 3 is 2.82 bits per heavy atom. The molecule has 0 aliphatic heterocycles. The van der Waals surface area contributed by atoms with Crippen molar-refractivity contribution in [3.63, 3.8) is 0 Å². The zero-order valence-corrected chi connectivity index (χ0v) is 10.1. The summed E-state index contributed by atoms with van der Waals surface area (Å²) >= 11 is 5.25. The fourth-order valence-corrected chi connectivity index (χ4v) is 1.22. The molecule has 0 aromatic heterocycles. The number of hydrogen-bond donors (Lipinski definition) is 2. The van der Waals surface area contributed by atoms with Crippen molar-refractivity contribution in [2.24, 2.45) is 0 Å². The Morgan fingerprint density at radius 2 is 2.18 bits per heavy atom. The van der Waals surface area contributed by atoms with Crippen LogP contribution >= 0.6 is 11.6 Å². The van der Waals surface area contributed by atoms with E-state index in [9.17, 15) is 9.59 Å².